The summed E-state index contributed by atoms with van der Waals surface area (Å²) in [4.78, 5) is 16.4. The molecular weight excluding hydrogens is 240 g/mol. The van der Waals surface area contributed by atoms with E-state index in [1.165, 1.54) is 0 Å². The van der Waals surface area contributed by atoms with Crippen LogP contribution in [0.1, 0.15) is 30.6 Å². The third kappa shape index (κ3) is 2.66. The van der Waals surface area contributed by atoms with Crippen molar-refractivity contribution in [1.82, 2.24) is 10.3 Å². The Morgan fingerprint density at radius 2 is 2.05 bits per heavy atom. The van der Waals surface area contributed by atoms with E-state index in [0.717, 1.165) is 17.2 Å². The van der Waals surface area contributed by atoms with Crippen molar-refractivity contribution in [3.8, 4) is 0 Å². The first-order valence-electron chi connectivity index (χ1n) is 6.32. The zero-order valence-corrected chi connectivity index (χ0v) is 11.1. The van der Waals surface area contributed by atoms with Crippen molar-refractivity contribution in [1.29, 1.82) is 0 Å². The number of hydrogen-bond acceptors (Lipinski definition) is 4. The van der Waals surface area contributed by atoms with Gasteiger partial charge in [-0.25, -0.2) is 10.8 Å². The van der Waals surface area contributed by atoms with Crippen LogP contribution in [0.15, 0.2) is 30.5 Å². The van der Waals surface area contributed by atoms with E-state index in [9.17, 15) is 4.79 Å². The number of aromatic nitrogens is 1. The van der Waals surface area contributed by atoms with Crippen molar-refractivity contribution < 1.29 is 4.79 Å². The van der Waals surface area contributed by atoms with E-state index < -0.39 is 0 Å². The van der Waals surface area contributed by atoms with Crippen LogP contribution in [0.2, 0.25) is 0 Å². The number of benzene rings is 1. The predicted molar refractivity (Wildman–Crippen MR) is 76.8 cm³/mol. The summed E-state index contributed by atoms with van der Waals surface area (Å²) >= 11 is 0. The molecule has 1 atom stereocenters. The van der Waals surface area contributed by atoms with E-state index in [0.29, 0.717) is 11.4 Å². The van der Waals surface area contributed by atoms with Crippen LogP contribution in [0.25, 0.3) is 10.8 Å². The normalized spacial score (nSPS) is 12.2. The van der Waals surface area contributed by atoms with Crippen molar-refractivity contribution >= 4 is 22.5 Å². The Labute approximate surface area is 112 Å². The molecule has 5 nitrogen and oxygen atoms in total. The minimum atomic E-state index is -0.110. The molecular formula is C14H18N4O. The maximum atomic E-state index is 12.2. The van der Waals surface area contributed by atoms with Crippen molar-refractivity contribution in [2.75, 3.05) is 5.43 Å². The molecule has 2 aromatic rings. The van der Waals surface area contributed by atoms with E-state index >= 15 is 0 Å². The van der Waals surface area contributed by atoms with E-state index in [4.69, 9.17) is 5.84 Å². The number of carbonyl (C=O) groups excluding carboxylic acids is 1. The summed E-state index contributed by atoms with van der Waals surface area (Å²) in [6.45, 7) is 4.01. The molecule has 4 N–H and O–H groups in total. The highest BCUT2D eigenvalue weighted by molar-refractivity contribution is 6.09. The number of hydrazine groups is 1. The number of nitrogen functional groups attached to an aromatic ring is 1. The van der Waals surface area contributed by atoms with Gasteiger partial charge in [-0.05, 0) is 18.7 Å². The molecule has 1 amide bonds. The minimum Gasteiger partial charge on any atom is -0.350 e. The lowest BCUT2D eigenvalue weighted by atomic mass is 10.1. The number of carbonyl (C=O) groups is 1. The van der Waals surface area contributed by atoms with Gasteiger partial charge in [0.05, 0.1) is 5.56 Å². The number of nitrogens with one attached hydrogen (secondary N) is 2. The van der Waals surface area contributed by atoms with Gasteiger partial charge < -0.3 is 10.7 Å². The van der Waals surface area contributed by atoms with Gasteiger partial charge >= 0.3 is 0 Å². The molecule has 1 heterocycles. The summed E-state index contributed by atoms with van der Waals surface area (Å²) in [7, 11) is 0. The first-order valence-corrected chi connectivity index (χ1v) is 6.32. The first-order chi connectivity index (χ1) is 9.17. The van der Waals surface area contributed by atoms with Crippen LogP contribution in [-0.2, 0) is 0 Å². The van der Waals surface area contributed by atoms with Gasteiger partial charge in [-0.15, -0.1) is 0 Å². The maximum absolute atomic E-state index is 12.2. The molecule has 19 heavy (non-hydrogen) atoms. The highest BCUT2D eigenvalue weighted by atomic mass is 16.1. The lowest BCUT2D eigenvalue weighted by Crippen LogP contribution is -2.32. The van der Waals surface area contributed by atoms with Gasteiger partial charge in [-0.2, -0.15) is 0 Å². The highest BCUT2D eigenvalue weighted by Crippen LogP contribution is 2.23. The standard InChI is InChI=1S/C14H18N4O/c1-3-9(2)17-14(19)12-8-16-13(18-15)11-7-5-4-6-10(11)12/h4-9H,3,15H2,1-2H3,(H,16,18)(H,17,19). The van der Waals surface area contributed by atoms with E-state index in [-0.39, 0.29) is 11.9 Å². The summed E-state index contributed by atoms with van der Waals surface area (Å²) in [6, 6.07) is 7.70. The molecule has 2 rings (SSSR count). The number of rotatable bonds is 4. The topological polar surface area (TPSA) is 80.0 Å². The molecule has 0 aliphatic carbocycles. The molecule has 5 heteroatoms. The van der Waals surface area contributed by atoms with Crippen LogP contribution in [0.4, 0.5) is 5.82 Å². The number of fused-ring (bicyclic) bond motifs is 1. The smallest absolute Gasteiger partial charge is 0.253 e. The van der Waals surface area contributed by atoms with Gasteiger partial charge in [0, 0.05) is 17.6 Å². The quantitative estimate of drug-likeness (QED) is 0.579. The SMILES string of the molecule is CCC(C)NC(=O)c1cnc(NN)c2ccccc12. The third-order valence-corrected chi connectivity index (χ3v) is 3.17. The van der Waals surface area contributed by atoms with Gasteiger partial charge in [-0.1, -0.05) is 31.2 Å². The molecule has 100 valence electrons. The second kappa shape index (κ2) is 5.67. The summed E-state index contributed by atoms with van der Waals surface area (Å²) in [5.41, 5.74) is 3.11. The molecule has 1 aromatic carbocycles. The molecule has 0 fully saturated rings. The number of hydrogen-bond donors (Lipinski definition) is 3. The Kier molecular flexibility index (Phi) is 3.97. The van der Waals surface area contributed by atoms with Crippen LogP contribution in [0.3, 0.4) is 0 Å². The van der Waals surface area contributed by atoms with Crippen LogP contribution in [0, 0.1) is 0 Å². The number of nitrogens with zero attached hydrogens (tertiary/aromatic N) is 1. The Hall–Kier alpha value is -2.14. The van der Waals surface area contributed by atoms with Crippen LogP contribution >= 0.6 is 0 Å². The molecule has 0 aliphatic rings. The van der Waals surface area contributed by atoms with Crippen molar-refractivity contribution in [3.05, 3.63) is 36.0 Å². The summed E-state index contributed by atoms with van der Waals surface area (Å²) < 4.78 is 0. The molecule has 0 aliphatic heterocycles. The molecule has 0 radical (unpaired) electrons. The first kappa shape index (κ1) is 13.3. The van der Waals surface area contributed by atoms with Crippen LogP contribution < -0.4 is 16.6 Å². The average Bonchev–Trinajstić information content (AvgIpc) is 2.45. The molecule has 0 saturated heterocycles. The molecule has 0 bridgehead atoms. The second-order valence-electron chi connectivity index (χ2n) is 4.49. The van der Waals surface area contributed by atoms with E-state index in [2.05, 4.69) is 15.7 Å². The third-order valence-electron chi connectivity index (χ3n) is 3.17. The Bertz CT molecular complexity index is 597. The zero-order valence-electron chi connectivity index (χ0n) is 11.1. The maximum Gasteiger partial charge on any atom is 0.253 e. The lowest BCUT2D eigenvalue weighted by Gasteiger charge is -2.13. The Morgan fingerprint density at radius 3 is 2.68 bits per heavy atom. The number of pyridine rings is 1. The monoisotopic (exact) mass is 258 g/mol. The van der Waals surface area contributed by atoms with Gasteiger partial charge in [0.25, 0.3) is 5.91 Å². The number of amides is 1. The van der Waals surface area contributed by atoms with E-state index in [1.807, 2.05) is 38.1 Å². The summed E-state index contributed by atoms with van der Waals surface area (Å²) in [6.07, 6.45) is 2.44. The number of anilines is 1. The molecule has 1 unspecified atom stereocenters. The fourth-order valence-corrected chi connectivity index (χ4v) is 1.89. The van der Waals surface area contributed by atoms with Crippen LogP contribution in [0.5, 0.6) is 0 Å². The largest absolute Gasteiger partial charge is 0.350 e. The van der Waals surface area contributed by atoms with Crippen molar-refractivity contribution in [2.45, 2.75) is 26.3 Å². The average molecular weight is 258 g/mol. The highest BCUT2D eigenvalue weighted by Gasteiger charge is 2.14. The summed E-state index contributed by atoms with van der Waals surface area (Å²) in [5, 5.41) is 4.62. The molecule has 1 aromatic heterocycles. The van der Waals surface area contributed by atoms with Gasteiger partial charge in [0.1, 0.15) is 5.82 Å². The van der Waals surface area contributed by atoms with E-state index in [1.54, 1.807) is 6.20 Å². The number of nitrogens with two attached hydrogens (primary N) is 1. The molecule has 0 spiro atoms. The Balaban J connectivity index is 2.47. The Morgan fingerprint density at radius 1 is 1.37 bits per heavy atom. The zero-order chi connectivity index (χ0) is 13.8. The van der Waals surface area contributed by atoms with Gasteiger partial charge in [0.2, 0.25) is 0 Å². The minimum absolute atomic E-state index is 0.110. The van der Waals surface area contributed by atoms with Gasteiger partial charge in [-0.3, -0.25) is 4.79 Å². The molecule has 0 saturated carbocycles. The van der Waals surface area contributed by atoms with Crippen molar-refractivity contribution in [3.63, 3.8) is 0 Å². The van der Waals surface area contributed by atoms with Crippen molar-refractivity contribution in [2.24, 2.45) is 5.84 Å². The van der Waals surface area contributed by atoms with Crippen LogP contribution in [-0.4, -0.2) is 16.9 Å². The summed E-state index contributed by atoms with van der Waals surface area (Å²) in [5.74, 6) is 5.89. The fourth-order valence-electron chi connectivity index (χ4n) is 1.89. The van der Waals surface area contributed by atoms with Gasteiger partial charge in [0.15, 0.2) is 0 Å². The second-order valence-corrected chi connectivity index (χ2v) is 4.49. The lowest BCUT2D eigenvalue weighted by molar-refractivity contribution is 0.0940. The predicted octanol–water partition coefficient (Wildman–Crippen LogP) is 2.05. The fraction of sp³-hybridized carbons (Fsp3) is 0.286.